The summed E-state index contributed by atoms with van der Waals surface area (Å²) >= 11 is 1.33. The minimum atomic E-state index is -4.12. The third-order valence-electron chi connectivity index (χ3n) is 4.74. The average Bonchev–Trinajstić information content (AvgIpc) is 3.22. The smallest absolute Gasteiger partial charge is 0.281 e. The molecule has 0 spiro atoms. The highest BCUT2D eigenvalue weighted by molar-refractivity contribution is 7.90. The molecule has 0 atom stereocenters. The molecular formula is C20H20N4O5S2. The number of nitrogens with zero attached hydrogens (tertiary/aromatic N) is 3. The highest BCUT2D eigenvalue weighted by Crippen LogP contribution is 2.35. The second kappa shape index (κ2) is 7.82. The van der Waals surface area contributed by atoms with Crippen molar-refractivity contribution in [1.29, 1.82) is 0 Å². The van der Waals surface area contributed by atoms with Gasteiger partial charge in [-0.3, -0.25) is 9.52 Å². The quantitative estimate of drug-likeness (QED) is 0.536. The molecule has 4 rings (SSSR count). The van der Waals surface area contributed by atoms with Gasteiger partial charge in [0, 0.05) is 12.6 Å². The third kappa shape index (κ3) is 3.93. The van der Waals surface area contributed by atoms with E-state index in [0.29, 0.717) is 23.8 Å². The number of aryl methyl sites for hydroxylation is 1. The van der Waals surface area contributed by atoms with E-state index >= 15 is 0 Å². The maximum absolute atomic E-state index is 13.2. The second-order valence-corrected chi connectivity index (χ2v) is 10.1. The van der Waals surface area contributed by atoms with Gasteiger partial charge in [0.1, 0.15) is 21.9 Å². The van der Waals surface area contributed by atoms with Crippen molar-refractivity contribution in [3.63, 3.8) is 0 Å². The van der Waals surface area contributed by atoms with E-state index in [9.17, 15) is 23.4 Å². The first kappa shape index (κ1) is 21.1. The summed E-state index contributed by atoms with van der Waals surface area (Å²) in [5.41, 5.74) is -0.702. The minimum absolute atomic E-state index is 0.0496. The molecular weight excluding hydrogens is 440 g/mol. The number of phenolic OH excluding ortho intramolecular Hbond substituents is 1. The summed E-state index contributed by atoms with van der Waals surface area (Å²) in [6.07, 6.45) is 0.668. The lowest BCUT2D eigenvalue weighted by molar-refractivity contribution is 0.444. The van der Waals surface area contributed by atoms with Crippen molar-refractivity contribution in [2.45, 2.75) is 31.7 Å². The molecule has 0 saturated carbocycles. The predicted molar refractivity (Wildman–Crippen MR) is 118 cm³/mol. The number of aromatic nitrogens is 2. The summed E-state index contributed by atoms with van der Waals surface area (Å²) in [6, 6.07) is 7.24. The van der Waals surface area contributed by atoms with Gasteiger partial charge in [0.15, 0.2) is 11.6 Å². The molecule has 0 saturated heterocycles. The molecule has 0 bridgehead atoms. The number of aliphatic imine (C=N–C) groups is 1. The monoisotopic (exact) mass is 460 g/mol. The Kier molecular flexibility index (Phi) is 5.31. The van der Waals surface area contributed by atoms with Crippen LogP contribution < -0.4 is 10.3 Å². The first-order chi connectivity index (χ1) is 14.7. The summed E-state index contributed by atoms with van der Waals surface area (Å²) in [5, 5.41) is 26.7. The van der Waals surface area contributed by atoms with Crippen LogP contribution in [0.4, 0.5) is 5.69 Å². The maximum Gasteiger partial charge on any atom is 0.281 e. The van der Waals surface area contributed by atoms with Gasteiger partial charge in [-0.25, -0.2) is 18.1 Å². The van der Waals surface area contributed by atoms with Crippen molar-refractivity contribution in [2.24, 2.45) is 10.9 Å². The number of rotatable bonds is 5. The first-order valence-electron chi connectivity index (χ1n) is 9.50. The lowest BCUT2D eigenvalue weighted by Gasteiger charge is -2.20. The Hall–Kier alpha value is -3.18. The lowest BCUT2D eigenvalue weighted by Crippen LogP contribution is -2.39. The standard InChI is InChI=1S/C20H20N4O5S2/c1-11(2)7-8-24-20(27)16(18(26)17(22-24)14-4-3-9-30-14)19-21-13-6-5-12(25)10-15(13)31(28,29)23-19/h3-6,9-11,25-26H,7-8H2,1-2H3,(H,21,23). The van der Waals surface area contributed by atoms with Crippen LogP contribution in [0.2, 0.25) is 0 Å². The van der Waals surface area contributed by atoms with Gasteiger partial charge in [-0.2, -0.15) is 5.10 Å². The molecule has 0 amide bonds. The summed E-state index contributed by atoms with van der Waals surface area (Å²) in [4.78, 5) is 17.8. The van der Waals surface area contributed by atoms with E-state index in [1.54, 1.807) is 12.1 Å². The van der Waals surface area contributed by atoms with Crippen molar-refractivity contribution >= 4 is 32.9 Å². The van der Waals surface area contributed by atoms with Gasteiger partial charge in [-0.05, 0) is 35.9 Å². The molecule has 1 aliphatic heterocycles. The summed E-state index contributed by atoms with van der Waals surface area (Å²) in [5.74, 6) is -0.664. The number of phenols is 1. The van der Waals surface area contributed by atoms with Crippen molar-refractivity contribution in [1.82, 2.24) is 14.5 Å². The molecule has 0 radical (unpaired) electrons. The molecule has 3 aromatic rings. The molecule has 1 aliphatic rings. The van der Waals surface area contributed by atoms with E-state index in [1.807, 2.05) is 19.2 Å². The topological polar surface area (TPSA) is 134 Å². The highest BCUT2D eigenvalue weighted by Gasteiger charge is 2.31. The van der Waals surface area contributed by atoms with Crippen LogP contribution in [0.3, 0.4) is 0 Å². The van der Waals surface area contributed by atoms with Gasteiger partial charge in [0.25, 0.3) is 15.6 Å². The van der Waals surface area contributed by atoms with Crippen LogP contribution in [-0.2, 0) is 16.6 Å². The van der Waals surface area contributed by atoms with Gasteiger partial charge >= 0.3 is 0 Å². The van der Waals surface area contributed by atoms with Crippen LogP contribution in [0.5, 0.6) is 11.5 Å². The minimum Gasteiger partial charge on any atom is -0.508 e. The Morgan fingerprint density at radius 2 is 2.00 bits per heavy atom. The number of benzene rings is 1. The van der Waals surface area contributed by atoms with Crippen LogP contribution >= 0.6 is 11.3 Å². The highest BCUT2D eigenvalue weighted by atomic mass is 32.2. The zero-order valence-electron chi connectivity index (χ0n) is 16.7. The number of sulfonamides is 1. The van der Waals surface area contributed by atoms with E-state index < -0.39 is 21.3 Å². The van der Waals surface area contributed by atoms with Crippen molar-refractivity contribution in [3.8, 4) is 22.1 Å². The predicted octanol–water partition coefficient (Wildman–Crippen LogP) is 2.80. The van der Waals surface area contributed by atoms with Gasteiger partial charge in [0.05, 0.1) is 10.6 Å². The number of fused-ring (bicyclic) bond motifs is 1. The largest absolute Gasteiger partial charge is 0.508 e. The molecule has 9 nitrogen and oxygen atoms in total. The van der Waals surface area contributed by atoms with E-state index in [-0.39, 0.29) is 33.4 Å². The van der Waals surface area contributed by atoms with Gasteiger partial charge in [-0.15, -0.1) is 11.3 Å². The number of amidine groups is 1. The SMILES string of the molecule is CC(C)CCn1nc(-c2cccs2)c(O)c(C2=Nc3ccc(O)cc3S(=O)(=O)N2)c1=O. The van der Waals surface area contributed by atoms with Crippen LogP contribution in [0.25, 0.3) is 10.6 Å². The van der Waals surface area contributed by atoms with Crippen LogP contribution in [0.1, 0.15) is 25.8 Å². The van der Waals surface area contributed by atoms with E-state index in [2.05, 4.69) is 14.8 Å². The van der Waals surface area contributed by atoms with E-state index in [1.165, 1.54) is 28.2 Å². The Morgan fingerprint density at radius 3 is 2.68 bits per heavy atom. The molecule has 0 aliphatic carbocycles. The zero-order valence-corrected chi connectivity index (χ0v) is 18.4. The molecule has 0 unspecified atom stereocenters. The molecule has 31 heavy (non-hydrogen) atoms. The second-order valence-electron chi connectivity index (χ2n) is 7.48. The fraction of sp³-hybridized carbons (Fsp3) is 0.250. The van der Waals surface area contributed by atoms with Crippen molar-refractivity contribution < 1.29 is 18.6 Å². The fourth-order valence-electron chi connectivity index (χ4n) is 3.13. The summed E-state index contributed by atoms with van der Waals surface area (Å²) < 4.78 is 29.0. The molecule has 2 aromatic heterocycles. The maximum atomic E-state index is 13.2. The van der Waals surface area contributed by atoms with Gasteiger partial charge in [0.2, 0.25) is 0 Å². The Balaban J connectivity index is 1.96. The number of hydrogen-bond acceptors (Lipinski definition) is 8. The summed E-state index contributed by atoms with van der Waals surface area (Å²) in [7, 11) is -4.12. The molecule has 3 N–H and O–H groups in total. The Bertz CT molecular complexity index is 1340. The molecule has 1 aromatic carbocycles. The summed E-state index contributed by atoms with van der Waals surface area (Å²) in [6.45, 7) is 4.32. The van der Waals surface area contributed by atoms with Crippen LogP contribution in [-0.4, -0.2) is 34.2 Å². The van der Waals surface area contributed by atoms with E-state index in [0.717, 1.165) is 6.07 Å². The Labute approximate surface area is 182 Å². The Morgan fingerprint density at radius 1 is 1.23 bits per heavy atom. The fourth-order valence-corrected chi connectivity index (χ4v) is 5.02. The average molecular weight is 461 g/mol. The number of aromatic hydroxyl groups is 2. The lowest BCUT2D eigenvalue weighted by atomic mass is 10.1. The first-order valence-corrected chi connectivity index (χ1v) is 11.9. The number of hydrogen-bond donors (Lipinski definition) is 3. The molecule has 162 valence electrons. The number of thiophene rings is 1. The molecule has 0 fully saturated rings. The zero-order chi connectivity index (χ0) is 22.3. The van der Waals surface area contributed by atoms with E-state index in [4.69, 9.17) is 0 Å². The number of nitrogens with one attached hydrogen (secondary N) is 1. The van der Waals surface area contributed by atoms with Gasteiger partial charge in [-0.1, -0.05) is 19.9 Å². The third-order valence-corrected chi connectivity index (χ3v) is 6.98. The van der Waals surface area contributed by atoms with Crippen LogP contribution in [0, 0.1) is 5.92 Å². The van der Waals surface area contributed by atoms with Gasteiger partial charge < -0.3 is 10.2 Å². The van der Waals surface area contributed by atoms with Crippen molar-refractivity contribution in [2.75, 3.05) is 0 Å². The molecule has 11 heteroatoms. The normalized spacial score (nSPS) is 14.7. The van der Waals surface area contributed by atoms with Crippen molar-refractivity contribution in [3.05, 3.63) is 51.6 Å². The van der Waals surface area contributed by atoms with Crippen LogP contribution in [0.15, 0.2) is 50.4 Å². The molecule has 3 heterocycles.